The summed E-state index contributed by atoms with van der Waals surface area (Å²) in [5.74, 6) is 0. The molecule has 0 amide bonds. The summed E-state index contributed by atoms with van der Waals surface area (Å²) in [6, 6.07) is 6.18. The van der Waals surface area contributed by atoms with E-state index in [4.69, 9.17) is 16.9 Å². The summed E-state index contributed by atoms with van der Waals surface area (Å²) in [4.78, 5) is 2.54. The third-order valence-electron chi connectivity index (χ3n) is 1.52. The molecule has 13 heavy (non-hydrogen) atoms. The normalized spacial score (nSPS) is 11.5. The van der Waals surface area contributed by atoms with Gasteiger partial charge in [-0.15, -0.1) is 0 Å². The van der Waals surface area contributed by atoms with E-state index in [0.29, 0.717) is 6.54 Å². The van der Waals surface area contributed by atoms with Crippen LogP contribution in [-0.4, -0.2) is 8.42 Å². The topological polar surface area (TPSA) is 72.2 Å². The van der Waals surface area contributed by atoms with Crippen molar-refractivity contribution < 1.29 is 8.42 Å². The van der Waals surface area contributed by atoms with Gasteiger partial charge in [0.1, 0.15) is 0 Å². The molecule has 0 fully saturated rings. The van der Waals surface area contributed by atoms with Crippen LogP contribution in [0.5, 0.6) is 0 Å². The lowest BCUT2D eigenvalue weighted by molar-refractivity contribution is 0.598. The molecule has 0 saturated heterocycles. The van der Waals surface area contributed by atoms with E-state index in [9.17, 15) is 8.42 Å². The van der Waals surface area contributed by atoms with Crippen LogP contribution in [0.25, 0.3) is 0 Å². The standard InChI is InChI=1S/C7H9ClN2O2S/c8-10-5-6-1-3-7(4-2-6)13(9,11)12/h1-4,10H,5H2,(H2,9,11,12). The molecule has 0 unspecified atom stereocenters. The molecule has 6 heteroatoms. The average molecular weight is 221 g/mol. The summed E-state index contributed by atoms with van der Waals surface area (Å²) in [6.45, 7) is 0.479. The second-order valence-electron chi connectivity index (χ2n) is 2.50. The zero-order chi connectivity index (χ0) is 9.90. The molecule has 1 rings (SSSR count). The molecule has 1 aromatic carbocycles. The van der Waals surface area contributed by atoms with Gasteiger partial charge in [-0.25, -0.2) is 18.4 Å². The zero-order valence-corrected chi connectivity index (χ0v) is 8.27. The first-order valence-corrected chi connectivity index (χ1v) is 5.41. The summed E-state index contributed by atoms with van der Waals surface area (Å²) in [5, 5.41) is 4.91. The Bertz CT molecular complexity index is 374. The molecule has 0 heterocycles. The Morgan fingerprint density at radius 2 is 1.85 bits per heavy atom. The van der Waals surface area contributed by atoms with Crippen LogP contribution in [0.15, 0.2) is 29.2 Å². The van der Waals surface area contributed by atoms with Crippen LogP contribution in [0.3, 0.4) is 0 Å². The minimum Gasteiger partial charge on any atom is -0.229 e. The number of halogens is 1. The fourth-order valence-corrected chi connectivity index (χ4v) is 1.54. The van der Waals surface area contributed by atoms with Crippen LogP contribution in [-0.2, 0) is 16.6 Å². The van der Waals surface area contributed by atoms with Crippen molar-refractivity contribution in [3.63, 3.8) is 0 Å². The first-order valence-electron chi connectivity index (χ1n) is 3.49. The first-order chi connectivity index (χ1) is 6.04. The van der Waals surface area contributed by atoms with Gasteiger partial charge in [-0.2, -0.15) is 0 Å². The SMILES string of the molecule is NS(=O)(=O)c1ccc(CNCl)cc1. The molecule has 72 valence electrons. The summed E-state index contributed by atoms with van der Waals surface area (Å²) in [7, 11) is -3.59. The molecule has 0 spiro atoms. The Hall–Kier alpha value is -0.620. The van der Waals surface area contributed by atoms with Crippen LogP contribution in [0.2, 0.25) is 0 Å². The first kappa shape index (κ1) is 10.5. The lowest BCUT2D eigenvalue weighted by atomic mass is 10.2. The minimum absolute atomic E-state index is 0.103. The van der Waals surface area contributed by atoms with Gasteiger partial charge in [0.25, 0.3) is 0 Å². The Kier molecular flexibility index (Phi) is 3.27. The number of hydrogen-bond acceptors (Lipinski definition) is 3. The van der Waals surface area contributed by atoms with E-state index in [1.807, 2.05) is 0 Å². The number of sulfonamides is 1. The fourth-order valence-electron chi connectivity index (χ4n) is 0.874. The molecule has 0 atom stereocenters. The molecule has 0 saturated carbocycles. The van der Waals surface area contributed by atoms with Gasteiger partial charge < -0.3 is 0 Å². The van der Waals surface area contributed by atoms with Crippen LogP contribution >= 0.6 is 11.8 Å². The summed E-state index contributed by atoms with van der Waals surface area (Å²) < 4.78 is 21.7. The Balaban J connectivity index is 2.94. The largest absolute Gasteiger partial charge is 0.238 e. The number of rotatable bonds is 3. The predicted molar refractivity (Wildman–Crippen MR) is 50.5 cm³/mol. The van der Waals surface area contributed by atoms with E-state index < -0.39 is 10.0 Å². The van der Waals surface area contributed by atoms with E-state index in [2.05, 4.69) is 4.84 Å². The Morgan fingerprint density at radius 3 is 2.23 bits per heavy atom. The van der Waals surface area contributed by atoms with Gasteiger partial charge >= 0.3 is 0 Å². The zero-order valence-electron chi connectivity index (χ0n) is 6.70. The highest BCUT2D eigenvalue weighted by molar-refractivity contribution is 7.89. The van der Waals surface area contributed by atoms with E-state index in [1.54, 1.807) is 12.1 Å². The summed E-state index contributed by atoms with van der Waals surface area (Å²) in [6.07, 6.45) is 0. The lowest BCUT2D eigenvalue weighted by Gasteiger charge is -2.00. The van der Waals surface area contributed by atoms with Gasteiger partial charge in [-0.1, -0.05) is 12.1 Å². The second kappa shape index (κ2) is 4.06. The maximum Gasteiger partial charge on any atom is 0.238 e. The van der Waals surface area contributed by atoms with E-state index >= 15 is 0 Å². The van der Waals surface area contributed by atoms with Crippen molar-refractivity contribution in [3.8, 4) is 0 Å². The van der Waals surface area contributed by atoms with Gasteiger partial charge in [0.2, 0.25) is 10.0 Å². The molecular formula is C7H9ClN2O2S. The number of benzene rings is 1. The highest BCUT2D eigenvalue weighted by atomic mass is 35.5. The molecular weight excluding hydrogens is 212 g/mol. The Morgan fingerprint density at radius 1 is 1.31 bits per heavy atom. The van der Waals surface area contributed by atoms with E-state index in [0.717, 1.165) is 5.56 Å². The molecule has 3 N–H and O–H groups in total. The summed E-state index contributed by atoms with van der Waals surface area (Å²) >= 11 is 5.27. The van der Waals surface area contributed by atoms with Crippen molar-refractivity contribution in [1.29, 1.82) is 0 Å². The van der Waals surface area contributed by atoms with E-state index in [1.165, 1.54) is 12.1 Å². The minimum atomic E-state index is -3.59. The van der Waals surface area contributed by atoms with Crippen LogP contribution in [0.4, 0.5) is 0 Å². The van der Waals surface area contributed by atoms with Crippen molar-refractivity contribution in [2.45, 2.75) is 11.4 Å². The molecule has 0 radical (unpaired) electrons. The van der Waals surface area contributed by atoms with Crippen molar-refractivity contribution >= 4 is 21.8 Å². The molecule has 4 nitrogen and oxygen atoms in total. The summed E-state index contributed by atoms with van der Waals surface area (Å²) in [5.41, 5.74) is 0.891. The molecule has 1 aromatic rings. The molecule has 0 aliphatic heterocycles. The number of nitrogens with one attached hydrogen (secondary N) is 1. The lowest BCUT2D eigenvalue weighted by Crippen LogP contribution is -2.12. The molecule has 0 aromatic heterocycles. The second-order valence-corrected chi connectivity index (χ2v) is 4.33. The van der Waals surface area contributed by atoms with Crippen molar-refractivity contribution in [2.75, 3.05) is 0 Å². The predicted octanol–water partition coefficient (Wildman–Crippen LogP) is 0.577. The van der Waals surface area contributed by atoms with Crippen LogP contribution in [0, 0.1) is 0 Å². The maximum absolute atomic E-state index is 10.8. The fraction of sp³-hybridized carbons (Fsp3) is 0.143. The highest BCUT2D eigenvalue weighted by Gasteiger charge is 2.05. The number of primary sulfonamides is 1. The van der Waals surface area contributed by atoms with Crippen molar-refractivity contribution in [1.82, 2.24) is 4.84 Å². The van der Waals surface area contributed by atoms with Gasteiger partial charge in [-0.05, 0) is 29.5 Å². The van der Waals surface area contributed by atoms with Crippen LogP contribution < -0.4 is 9.97 Å². The van der Waals surface area contributed by atoms with Crippen LogP contribution in [0.1, 0.15) is 5.56 Å². The third-order valence-corrected chi connectivity index (χ3v) is 2.59. The third kappa shape index (κ3) is 2.96. The van der Waals surface area contributed by atoms with Crippen molar-refractivity contribution in [3.05, 3.63) is 29.8 Å². The number of nitrogens with two attached hydrogens (primary N) is 1. The molecule has 0 bridgehead atoms. The quantitative estimate of drug-likeness (QED) is 0.732. The molecule has 0 aliphatic carbocycles. The average Bonchev–Trinajstić information content (AvgIpc) is 2.04. The number of hydrogen-bond donors (Lipinski definition) is 2. The van der Waals surface area contributed by atoms with Gasteiger partial charge in [0, 0.05) is 6.54 Å². The maximum atomic E-state index is 10.8. The Labute approximate surface area is 81.9 Å². The smallest absolute Gasteiger partial charge is 0.229 e. The highest BCUT2D eigenvalue weighted by Crippen LogP contribution is 2.08. The monoisotopic (exact) mass is 220 g/mol. The van der Waals surface area contributed by atoms with E-state index in [-0.39, 0.29) is 4.90 Å². The van der Waals surface area contributed by atoms with Gasteiger partial charge in [0.15, 0.2) is 0 Å². The van der Waals surface area contributed by atoms with Crippen molar-refractivity contribution in [2.24, 2.45) is 5.14 Å². The van der Waals surface area contributed by atoms with Gasteiger partial charge in [-0.3, -0.25) is 0 Å². The molecule has 0 aliphatic rings. The van der Waals surface area contributed by atoms with Gasteiger partial charge in [0.05, 0.1) is 4.90 Å².